The van der Waals surface area contributed by atoms with Crippen LogP contribution in [0, 0.1) is 6.92 Å². The topological polar surface area (TPSA) is 68.0 Å². The Bertz CT molecular complexity index is 842. The lowest BCUT2D eigenvalue weighted by molar-refractivity contribution is -0.121. The van der Waals surface area contributed by atoms with Gasteiger partial charge in [0.15, 0.2) is 0 Å². The number of aromatic nitrogens is 2. The Morgan fingerprint density at radius 3 is 2.68 bits per heavy atom. The van der Waals surface area contributed by atoms with E-state index in [1.807, 2.05) is 37.3 Å². The molecule has 3 rings (SSSR count). The third-order valence-electron chi connectivity index (χ3n) is 3.65. The van der Waals surface area contributed by atoms with Gasteiger partial charge in [0, 0.05) is 29.8 Å². The fraction of sp³-hybridized carbons (Fsp3) is 0.278. The average Bonchev–Trinajstić information content (AvgIpc) is 3.23. The van der Waals surface area contributed by atoms with Crippen molar-refractivity contribution >= 4 is 33.2 Å². The molecule has 0 fully saturated rings. The van der Waals surface area contributed by atoms with Gasteiger partial charge in [-0.3, -0.25) is 4.79 Å². The van der Waals surface area contributed by atoms with Crippen molar-refractivity contribution in [1.82, 2.24) is 15.5 Å². The quantitative estimate of drug-likeness (QED) is 0.623. The Morgan fingerprint density at radius 1 is 1.16 bits per heavy atom. The van der Waals surface area contributed by atoms with E-state index in [9.17, 15) is 4.79 Å². The molecule has 1 aromatic carbocycles. The van der Waals surface area contributed by atoms with E-state index in [4.69, 9.17) is 4.42 Å². The van der Waals surface area contributed by atoms with Crippen molar-refractivity contribution in [3.05, 3.63) is 56.5 Å². The van der Waals surface area contributed by atoms with Gasteiger partial charge in [0.05, 0.1) is 3.79 Å². The van der Waals surface area contributed by atoms with Crippen LogP contribution in [0.4, 0.5) is 0 Å². The molecule has 1 amide bonds. The van der Waals surface area contributed by atoms with Crippen molar-refractivity contribution in [2.45, 2.75) is 26.2 Å². The zero-order valence-corrected chi connectivity index (χ0v) is 16.2. The Labute approximate surface area is 158 Å². The molecule has 0 aliphatic rings. The fourth-order valence-corrected chi connectivity index (χ4v) is 3.77. The van der Waals surface area contributed by atoms with Gasteiger partial charge in [0.1, 0.15) is 0 Å². The summed E-state index contributed by atoms with van der Waals surface area (Å²) in [6, 6.07) is 12.0. The van der Waals surface area contributed by atoms with Crippen molar-refractivity contribution in [3.8, 4) is 11.5 Å². The highest BCUT2D eigenvalue weighted by Gasteiger charge is 2.10. The van der Waals surface area contributed by atoms with Crippen LogP contribution in [0.1, 0.15) is 22.8 Å². The second kappa shape index (κ2) is 8.40. The number of aryl methyl sites for hydroxylation is 2. The molecule has 0 saturated heterocycles. The van der Waals surface area contributed by atoms with Crippen LogP contribution in [0.15, 0.2) is 44.6 Å². The lowest BCUT2D eigenvalue weighted by Gasteiger charge is -2.02. The minimum atomic E-state index is -0.00860. The smallest absolute Gasteiger partial charge is 0.247 e. The zero-order chi connectivity index (χ0) is 17.6. The summed E-state index contributed by atoms with van der Waals surface area (Å²) in [5.41, 5.74) is 2.06. The van der Waals surface area contributed by atoms with Crippen LogP contribution in [0.2, 0.25) is 0 Å². The van der Waals surface area contributed by atoms with Gasteiger partial charge < -0.3 is 9.73 Å². The molecule has 1 N–H and O–H groups in total. The van der Waals surface area contributed by atoms with E-state index in [1.54, 1.807) is 11.3 Å². The Kier molecular flexibility index (Phi) is 5.99. The molecule has 7 heteroatoms. The van der Waals surface area contributed by atoms with Crippen molar-refractivity contribution in [2.75, 3.05) is 6.54 Å². The van der Waals surface area contributed by atoms with Crippen LogP contribution >= 0.6 is 27.3 Å². The molecule has 0 bridgehead atoms. The van der Waals surface area contributed by atoms with E-state index in [-0.39, 0.29) is 5.91 Å². The number of nitrogens with zero attached hydrogens (tertiary/aromatic N) is 2. The number of hydrogen-bond donors (Lipinski definition) is 1. The third kappa shape index (κ3) is 5.24. The molecule has 0 radical (unpaired) electrons. The first kappa shape index (κ1) is 17.8. The normalized spacial score (nSPS) is 10.8. The van der Waals surface area contributed by atoms with Gasteiger partial charge in [0.25, 0.3) is 0 Å². The predicted molar refractivity (Wildman–Crippen MR) is 102 cm³/mol. The largest absolute Gasteiger partial charge is 0.421 e. The zero-order valence-electron chi connectivity index (χ0n) is 13.8. The summed E-state index contributed by atoms with van der Waals surface area (Å²) in [7, 11) is 0. The summed E-state index contributed by atoms with van der Waals surface area (Å²) in [6.07, 6.45) is 1.61. The molecular formula is C18H18BrN3O2S. The van der Waals surface area contributed by atoms with Crippen molar-refractivity contribution in [2.24, 2.45) is 0 Å². The summed E-state index contributed by atoms with van der Waals surface area (Å²) in [5, 5.41) is 11.0. The second-order valence-corrected chi connectivity index (χ2v) is 8.22. The van der Waals surface area contributed by atoms with E-state index in [2.05, 4.69) is 37.5 Å². The number of benzene rings is 1. The van der Waals surface area contributed by atoms with E-state index in [1.165, 1.54) is 10.4 Å². The molecule has 130 valence electrons. The van der Waals surface area contributed by atoms with Crippen molar-refractivity contribution in [3.63, 3.8) is 0 Å². The first-order valence-corrected chi connectivity index (χ1v) is 9.61. The number of hydrogen-bond acceptors (Lipinski definition) is 5. The van der Waals surface area contributed by atoms with Crippen LogP contribution in [-0.4, -0.2) is 22.6 Å². The van der Waals surface area contributed by atoms with E-state index in [0.717, 1.165) is 15.8 Å². The molecule has 25 heavy (non-hydrogen) atoms. The molecule has 0 saturated carbocycles. The second-order valence-electron chi connectivity index (χ2n) is 5.67. The number of carbonyl (C=O) groups excluding carboxylic acids is 1. The van der Waals surface area contributed by atoms with Crippen molar-refractivity contribution < 1.29 is 9.21 Å². The molecular weight excluding hydrogens is 402 g/mol. The van der Waals surface area contributed by atoms with Gasteiger partial charge in [-0.1, -0.05) is 17.7 Å². The number of thiophene rings is 1. The lowest BCUT2D eigenvalue weighted by Crippen LogP contribution is -2.25. The molecule has 5 nitrogen and oxygen atoms in total. The summed E-state index contributed by atoms with van der Waals surface area (Å²) >= 11 is 5.12. The maximum atomic E-state index is 11.9. The fourth-order valence-electron chi connectivity index (χ4n) is 2.29. The molecule has 0 unspecified atom stereocenters. The van der Waals surface area contributed by atoms with Crippen molar-refractivity contribution in [1.29, 1.82) is 0 Å². The number of halogens is 1. The van der Waals surface area contributed by atoms with Crippen LogP contribution in [0.5, 0.6) is 0 Å². The van der Waals surface area contributed by atoms with Crippen LogP contribution in [0.25, 0.3) is 11.5 Å². The molecule has 0 aliphatic heterocycles. The minimum absolute atomic E-state index is 0.00860. The van der Waals surface area contributed by atoms with E-state index in [0.29, 0.717) is 31.2 Å². The van der Waals surface area contributed by atoms with Gasteiger partial charge >= 0.3 is 0 Å². The Balaban J connectivity index is 1.43. The summed E-state index contributed by atoms with van der Waals surface area (Å²) < 4.78 is 6.74. The van der Waals surface area contributed by atoms with Gasteiger partial charge in [-0.05, 0) is 53.5 Å². The SMILES string of the molecule is Cc1ccc(-c2nnc(CCC(=O)NCCc3ccc(Br)s3)o2)cc1. The monoisotopic (exact) mass is 419 g/mol. The van der Waals surface area contributed by atoms with Gasteiger partial charge in [0.2, 0.25) is 17.7 Å². The van der Waals surface area contributed by atoms with E-state index >= 15 is 0 Å². The number of nitrogens with one attached hydrogen (secondary N) is 1. The lowest BCUT2D eigenvalue weighted by atomic mass is 10.1. The molecule has 3 aromatic rings. The molecule has 2 heterocycles. The molecule has 0 atom stereocenters. The first-order valence-electron chi connectivity index (χ1n) is 8.00. The number of rotatable bonds is 7. The van der Waals surface area contributed by atoms with E-state index < -0.39 is 0 Å². The highest BCUT2D eigenvalue weighted by molar-refractivity contribution is 9.11. The van der Waals surface area contributed by atoms with Crippen LogP contribution in [-0.2, 0) is 17.6 Å². The van der Waals surface area contributed by atoms with Gasteiger partial charge in [-0.25, -0.2) is 0 Å². The number of amides is 1. The standard InChI is InChI=1S/C18H18BrN3O2S/c1-12-2-4-13(5-3-12)18-22-21-17(24-18)9-8-16(23)20-11-10-14-6-7-15(19)25-14/h2-7H,8-11H2,1H3,(H,20,23). The summed E-state index contributed by atoms with van der Waals surface area (Å²) in [5.74, 6) is 0.956. The molecule has 0 spiro atoms. The average molecular weight is 420 g/mol. The maximum absolute atomic E-state index is 11.9. The Morgan fingerprint density at radius 2 is 1.96 bits per heavy atom. The number of carbonyl (C=O) groups is 1. The molecule has 0 aliphatic carbocycles. The third-order valence-corrected chi connectivity index (χ3v) is 5.34. The first-order chi connectivity index (χ1) is 12.1. The van der Waals surface area contributed by atoms with Gasteiger partial charge in [-0.15, -0.1) is 21.5 Å². The maximum Gasteiger partial charge on any atom is 0.247 e. The summed E-state index contributed by atoms with van der Waals surface area (Å²) in [6.45, 7) is 2.66. The Hall–Kier alpha value is -1.99. The highest BCUT2D eigenvalue weighted by atomic mass is 79.9. The van der Waals surface area contributed by atoms with Crippen LogP contribution in [0.3, 0.4) is 0 Å². The predicted octanol–water partition coefficient (Wildman–Crippen LogP) is 4.16. The van der Waals surface area contributed by atoms with Gasteiger partial charge in [-0.2, -0.15) is 0 Å². The highest BCUT2D eigenvalue weighted by Crippen LogP contribution is 2.22. The minimum Gasteiger partial charge on any atom is -0.421 e. The molecule has 2 aromatic heterocycles. The summed E-state index contributed by atoms with van der Waals surface area (Å²) in [4.78, 5) is 13.2. The van der Waals surface area contributed by atoms with Crippen LogP contribution < -0.4 is 5.32 Å².